The minimum Gasteiger partial charge on any atom is -0.497 e. The highest BCUT2D eigenvalue weighted by Crippen LogP contribution is 2.22. The van der Waals surface area contributed by atoms with E-state index in [4.69, 9.17) is 15.2 Å². The van der Waals surface area contributed by atoms with Crippen LogP contribution in [0.1, 0.15) is 29.9 Å². The molecule has 1 atom stereocenters. The summed E-state index contributed by atoms with van der Waals surface area (Å²) >= 11 is 0. The molecule has 0 fully saturated rings. The molecule has 1 aromatic carbocycles. The van der Waals surface area contributed by atoms with E-state index in [0.717, 1.165) is 11.3 Å². The summed E-state index contributed by atoms with van der Waals surface area (Å²) in [7, 11) is 1.59. The van der Waals surface area contributed by atoms with Crippen molar-refractivity contribution in [1.82, 2.24) is 4.98 Å². The van der Waals surface area contributed by atoms with E-state index in [0.29, 0.717) is 11.4 Å². The molecular formula is C16H19FN2O2. The number of halogens is 1. The van der Waals surface area contributed by atoms with Crippen LogP contribution in [0, 0.1) is 12.7 Å². The Balaban J connectivity index is 2.11. The van der Waals surface area contributed by atoms with Gasteiger partial charge in [0.1, 0.15) is 12.4 Å². The highest BCUT2D eigenvalue weighted by Gasteiger charge is 2.08. The zero-order valence-corrected chi connectivity index (χ0v) is 12.4. The minimum atomic E-state index is -0.426. The van der Waals surface area contributed by atoms with Gasteiger partial charge in [-0.25, -0.2) is 4.39 Å². The molecule has 0 aliphatic heterocycles. The van der Waals surface area contributed by atoms with Crippen molar-refractivity contribution in [2.24, 2.45) is 5.73 Å². The Kier molecular flexibility index (Phi) is 4.75. The zero-order valence-electron chi connectivity index (χ0n) is 12.4. The van der Waals surface area contributed by atoms with Crippen molar-refractivity contribution in [3.05, 3.63) is 53.1 Å². The third-order valence-electron chi connectivity index (χ3n) is 3.07. The number of nitrogens with zero attached hydrogens (tertiary/aromatic N) is 1. The molecule has 5 heteroatoms. The van der Waals surface area contributed by atoms with Crippen molar-refractivity contribution in [2.45, 2.75) is 26.5 Å². The van der Waals surface area contributed by atoms with E-state index in [2.05, 4.69) is 4.98 Å². The van der Waals surface area contributed by atoms with Gasteiger partial charge < -0.3 is 15.2 Å². The number of benzene rings is 1. The maximum atomic E-state index is 13.9. The van der Waals surface area contributed by atoms with Gasteiger partial charge in [-0.15, -0.1) is 0 Å². The Hall–Kier alpha value is -2.14. The summed E-state index contributed by atoms with van der Waals surface area (Å²) in [6.07, 6.45) is 0. The number of hydrogen-bond acceptors (Lipinski definition) is 4. The SMILES string of the molecule is COc1cc(C)nc(COc2ccc(C(C)N)cc2F)c1. The average molecular weight is 290 g/mol. The summed E-state index contributed by atoms with van der Waals surface area (Å²) in [4.78, 5) is 4.32. The fraction of sp³-hybridized carbons (Fsp3) is 0.312. The lowest BCUT2D eigenvalue weighted by Crippen LogP contribution is -2.06. The topological polar surface area (TPSA) is 57.4 Å². The second-order valence-electron chi connectivity index (χ2n) is 4.91. The monoisotopic (exact) mass is 290 g/mol. The van der Waals surface area contributed by atoms with E-state index in [-0.39, 0.29) is 18.4 Å². The average Bonchev–Trinajstić information content (AvgIpc) is 2.45. The van der Waals surface area contributed by atoms with Gasteiger partial charge >= 0.3 is 0 Å². The lowest BCUT2D eigenvalue weighted by molar-refractivity contribution is 0.284. The number of aryl methyl sites for hydroxylation is 1. The molecule has 0 saturated carbocycles. The number of rotatable bonds is 5. The van der Waals surface area contributed by atoms with Crippen LogP contribution < -0.4 is 15.2 Å². The molecule has 1 aromatic heterocycles. The Bertz CT molecular complexity index is 630. The van der Waals surface area contributed by atoms with Gasteiger partial charge in [-0.05, 0) is 31.5 Å². The molecule has 21 heavy (non-hydrogen) atoms. The molecule has 1 heterocycles. The highest BCUT2D eigenvalue weighted by molar-refractivity contribution is 5.31. The van der Waals surface area contributed by atoms with Crippen molar-refractivity contribution < 1.29 is 13.9 Å². The fourth-order valence-corrected chi connectivity index (χ4v) is 1.96. The molecule has 0 aliphatic carbocycles. The van der Waals surface area contributed by atoms with Gasteiger partial charge in [0.15, 0.2) is 11.6 Å². The van der Waals surface area contributed by atoms with E-state index in [9.17, 15) is 4.39 Å². The predicted molar refractivity (Wildman–Crippen MR) is 78.9 cm³/mol. The van der Waals surface area contributed by atoms with Crippen molar-refractivity contribution >= 4 is 0 Å². The van der Waals surface area contributed by atoms with Gasteiger partial charge in [0, 0.05) is 23.9 Å². The number of aromatic nitrogens is 1. The molecule has 2 N–H and O–H groups in total. The van der Waals surface area contributed by atoms with Crippen LogP contribution in [0.25, 0.3) is 0 Å². The van der Waals surface area contributed by atoms with Crippen molar-refractivity contribution in [3.8, 4) is 11.5 Å². The Labute approximate surface area is 123 Å². The van der Waals surface area contributed by atoms with E-state index in [1.54, 1.807) is 32.2 Å². The first-order valence-electron chi connectivity index (χ1n) is 6.69. The molecule has 0 aliphatic rings. The van der Waals surface area contributed by atoms with Crippen LogP contribution in [0.15, 0.2) is 30.3 Å². The fourth-order valence-electron chi connectivity index (χ4n) is 1.96. The smallest absolute Gasteiger partial charge is 0.165 e. The second kappa shape index (κ2) is 6.54. The lowest BCUT2D eigenvalue weighted by Gasteiger charge is -2.11. The number of nitrogens with two attached hydrogens (primary N) is 1. The molecule has 0 amide bonds. The summed E-state index contributed by atoms with van der Waals surface area (Å²) in [6.45, 7) is 3.84. The van der Waals surface area contributed by atoms with E-state index >= 15 is 0 Å². The molecule has 0 radical (unpaired) electrons. The van der Waals surface area contributed by atoms with Crippen LogP contribution in [0.5, 0.6) is 11.5 Å². The van der Waals surface area contributed by atoms with Gasteiger partial charge in [0.25, 0.3) is 0 Å². The van der Waals surface area contributed by atoms with Gasteiger partial charge in [0.2, 0.25) is 0 Å². The maximum Gasteiger partial charge on any atom is 0.165 e. The molecule has 4 nitrogen and oxygen atoms in total. The standard InChI is InChI=1S/C16H19FN2O2/c1-10-6-14(20-3)8-13(19-10)9-21-16-5-4-12(11(2)18)7-15(16)17/h4-8,11H,9,18H2,1-3H3. The predicted octanol–water partition coefficient (Wildman–Crippen LogP) is 3.14. The van der Waals surface area contributed by atoms with Gasteiger partial charge in [-0.3, -0.25) is 4.98 Å². The Morgan fingerprint density at radius 3 is 2.67 bits per heavy atom. The zero-order chi connectivity index (χ0) is 15.4. The molecule has 0 bridgehead atoms. The minimum absolute atomic E-state index is 0.173. The van der Waals surface area contributed by atoms with E-state index in [1.165, 1.54) is 6.07 Å². The maximum absolute atomic E-state index is 13.9. The largest absolute Gasteiger partial charge is 0.497 e. The Morgan fingerprint density at radius 1 is 1.29 bits per heavy atom. The van der Waals surface area contributed by atoms with Crippen molar-refractivity contribution in [1.29, 1.82) is 0 Å². The number of ether oxygens (including phenoxy) is 2. The highest BCUT2D eigenvalue weighted by atomic mass is 19.1. The molecular weight excluding hydrogens is 271 g/mol. The van der Waals surface area contributed by atoms with Crippen molar-refractivity contribution in [2.75, 3.05) is 7.11 Å². The van der Waals surface area contributed by atoms with Crippen LogP contribution in [0.4, 0.5) is 4.39 Å². The Morgan fingerprint density at radius 2 is 2.05 bits per heavy atom. The quantitative estimate of drug-likeness (QED) is 0.919. The first-order valence-corrected chi connectivity index (χ1v) is 6.69. The number of pyridine rings is 1. The van der Waals surface area contributed by atoms with Gasteiger partial charge in [-0.1, -0.05) is 6.07 Å². The van der Waals surface area contributed by atoms with E-state index in [1.807, 2.05) is 13.0 Å². The number of hydrogen-bond donors (Lipinski definition) is 1. The third-order valence-corrected chi connectivity index (χ3v) is 3.07. The van der Waals surface area contributed by atoms with Crippen molar-refractivity contribution in [3.63, 3.8) is 0 Å². The van der Waals surface area contributed by atoms with Gasteiger partial charge in [-0.2, -0.15) is 0 Å². The summed E-state index contributed by atoms with van der Waals surface area (Å²) in [5, 5.41) is 0. The first kappa shape index (κ1) is 15.3. The molecule has 0 spiro atoms. The summed E-state index contributed by atoms with van der Waals surface area (Å²) in [5.74, 6) is 0.458. The summed E-state index contributed by atoms with van der Waals surface area (Å²) in [6, 6.07) is 8.11. The van der Waals surface area contributed by atoms with Crippen LogP contribution >= 0.6 is 0 Å². The van der Waals surface area contributed by atoms with Crippen LogP contribution in [-0.4, -0.2) is 12.1 Å². The third kappa shape index (κ3) is 3.92. The van der Waals surface area contributed by atoms with Crippen LogP contribution in [0.2, 0.25) is 0 Å². The van der Waals surface area contributed by atoms with E-state index < -0.39 is 5.82 Å². The van der Waals surface area contributed by atoms with Crippen LogP contribution in [0.3, 0.4) is 0 Å². The normalized spacial score (nSPS) is 12.0. The molecule has 2 aromatic rings. The van der Waals surface area contributed by atoms with Gasteiger partial charge in [0.05, 0.1) is 12.8 Å². The molecule has 112 valence electrons. The second-order valence-corrected chi connectivity index (χ2v) is 4.91. The summed E-state index contributed by atoms with van der Waals surface area (Å²) < 4.78 is 24.6. The summed E-state index contributed by atoms with van der Waals surface area (Å²) in [5.41, 5.74) is 7.95. The molecule has 2 rings (SSSR count). The molecule has 0 saturated heterocycles. The van der Waals surface area contributed by atoms with Crippen LogP contribution in [-0.2, 0) is 6.61 Å². The molecule has 1 unspecified atom stereocenters. The first-order chi connectivity index (χ1) is 9.99. The lowest BCUT2D eigenvalue weighted by atomic mass is 10.1. The number of methoxy groups -OCH3 is 1.